The van der Waals surface area contributed by atoms with Crippen LogP contribution in [0.5, 0.6) is 0 Å². The summed E-state index contributed by atoms with van der Waals surface area (Å²) < 4.78 is 0. The Hall–Kier alpha value is -1.26. The van der Waals surface area contributed by atoms with Crippen LogP contribution in [-0.4, -0.2) is 37.1 Å². The van der Waals surface area contributed by atoms with Crippen LogP contribution in [0.25, 0.3) is 0 Å². The summed E-state index contributed by atoms with van der Waals surface area (Å²) in [6, 6.07) is 7.40. The average Bonchev–Trinajstić information content (AvgIpc) is 2.53. The van der Waals surface area contributed by atoms with Gasteiger partial charge in [0.15, 0.2) is 0 Å². The number of urea groups is 1. The Balaban J connectivity index is 1.52. The third-order valence-electron chi connectivity index (χ3n) is 4.50. The number of benzene rings is 1. The number of piperidine rings is 1. The Kier molecular flexibility index (Phi) is 7.86. The van der Waals surface area contributed by atoms with Gasteiger partial charge in [-0.2, -0.15) is 0 Å². The lowest BCUT2D eigenvalue weighted by molar-refractivity contribution is 0.139. The summed E-state index contributed by atoms with van der Waals surface area (Å²) in [5.41, 5.74) is 1.04. The second kappa shape index (κ2) is 9.90. The smallest absolute Gasteiger partial charge is 0.315 e. The van der Waals surface area contributed by atoms with E-state index >= 15 is 0 Å². The second-order valence-electron chi connectivity index (χ2n) is 7.15. The summed E-state index contributed by atoms with van der Waals surface area (Å²) >= 11 is 5.84. The zero-order valence-electron chi connectivity index (χ0n) is 14.9. The third-order valence-corrected chi connectivity index (χ3v) is 4.75. The van der Waals surface area contributed by atoms with Gasteiger partial charge in [0.1, 0.15) is 0 Å². The highest BCUT2D eigenvalue weighted by Crippen LogP contribution is 2.20. The Morgan fingerprint density at radius 3 is 2.46 bits per heavy atom. The normalized spacial score (nSPS) is 21.5. The fraction of sp³-hybridized carbons (Fsp3) is 0.632. The molecular weight excluding hydrogens is 322 g/mol. The van der Waals surface area contributed by atoms with E-state index in [2.05, 4.69) is 29.4 Å². The molecule has 0 saturated carbocycles. The molecule has 0 aromatic heterocycles. The number of nitrogens with zero attached hydrogens (tertiary/aromatic N) is 1. The molecule has 1 aromatic carbocycles. The van der Waals surface area contributed by atoms with Gasteiger partial charge < -0.3 is 15.5 Å². The summed E-state index contributed by atoms with van der Waals surface area (Å²) in [6.07, 6.45) is 3.51. The molecule has 2 atom stereocenters. The second-order valence-corrected chi connectivity index (χ2v) is 7.59. The highest BCUT2D eigenvalue weighted by atomic mass is 35.5. The summed E-state index contributed by atoms with van der Waals surface area (Å²) in [4.78, 5) is 14.3. The molecule has 0 bridgehead atoms. The Morgan fingerprint density at radius 1 is 1.12 bits per heavy atom. The standard InChI is InChI=1S/C19H30ClN3O/c1-15-11-16(2)14-23(13-15)10-4-3-9-21-19(24)22-12-17-5-7-18(20)8-6-17/h5-8,15-16H,3-4,9-14H2,1-2H3,(H2,21,22,24). The summed E-state index contributed by atoms with van der Waals surface area (Å²) in [6.45, 7) is 9.52. The predicted molar refractivity (Wildman–Crippen MR) is 100 cm³/mol. The first-order chi connectivity index (χ1) is 11.5. The first-order valence-corrected chi connectivity index (χ1v) is 9.39. The molecule has 2 unspecified atom stereocenters. The zero-order chi connectivity index (χ0) is 17.4. The lowest BCUT2D eigenvalue weighted by Gasteiger charge is -2.34. The maximum absolute atomic E-state index is 11.8. The van der Waals surface area contributed by atoms with E-state index in [1.807, 2.05) is 24.3 Å². The highest BCUT2D eigenvalue weighted by Gasteiger charge is 2.20. The zero-order valence-corrected chi connectivity index (χ0v) is 15.6. The first-order valence-electron chi connectivity index (χ1n) is 9.01. The minimum absolute atomic E-state index is 0.106. The molecule has 5 heteroatoms. The molecule has 1 aliphatic rings. The highest BCUT2D eigenvalue weighted by molar-refractivity contribution is 6.30. The molecule has 2 amide bonds. The van der Waals surface area contributed by atoms with Crippen LogP contribution in [0.4, 0.5) is 4.79 Å². The van der Waals surface area contributed by atoms with Gasteiger partial charge in [-0.15, -0.1) is 0 Å². The van der Waals surface area contributed by atoms with Crippen LogP contribution in [0.2, 0.25) is 5.02 Å². The number of hydrogen-bond acceptors (Lipinski definition) is 2. The van der Waals surface area contributed by atoms with Gasteiger partial charge in [-0.1, -0.05) is 37.6 Å². The molecule has 0 radical (unpaired) electrons. The van der Waals surface area contributed by atoms with Crippen molar-refractivity contribution < 1.29 is 4.79 Å². The minimum Gasteiger partial charge on any atom is -0.338 e. The third kappa shape index (κ3) is 7.10. The molecular formula is C19H30ClN3O. The first kappa shape index (κ1) is 19.1. The molecule has 134 valence electrons. The van der Waals surface area contributed by atoms with E-state index in [0.29, 0.717) is 11.6 Å². The quantitative estimate of drug-likeness (QED) is 0.732. The number of carbonyl (C=O) groups excluding carboxylic acids is 1. The average molecular weight is 352 g/mol. The number of unbranched alkanes of at least 4 members (excludes halogenated alkanes) is 1. The number of likely N-dealkylation sites (tertiary alicyclic amines) is 1. The molecule has 4 nitrogen and oxygen atoms in total. The van der Waals surface area contributed by atoms with Gasteiger partial charge >= 0.3 is 6.03 Å². The molecule has 2 rings (SSSR count). The van der Waals surface area contributed by atoms with E-state index in [4.69, 9.17) is 11.6 Å². The maximum atomic E-state index is 11.8. The SMILES string of the molecule is CC1CC(C)CN(CCCCNC(=O)NCc2ccc(Cl)cc2)C1. The van der Waals surface area contributed by atoms with Crippen molar-refractivity contribution in [3.05, 3.63) is 34.9 Å². The molecule has 1 aromatic rings. The molecule has 1 saturated heterocycles. The van der Waals surface area contributed by atoms with Crippen molar-refractivity contribution in [2.75, 3.05) is 26.2 Å². The Bertz CT molecular complexity index is 496. The van der Waals surface area contributed by atoms with Crippen molar-refractivity contribution in [3.8, 4) is 0 Å². The van der Waals surface area contributed by atoms with Gasteiger partial charge in [-0.25, -0.2) is 4.79 Å². The van der Waals surface area contributed by atoms with E-state index in [0.717, 1.165) is 43.3 Å². The largest absolute Gasteiger partial charge is 0.338 e. The van der Waals surface area contributed by atoms with Crippen LogP contribution in [0.15, 0.2) is 24.3 Å². The Labute approximate surface area is 150 Å². The van der Waals surface area contributed by atoms with Crippen LogP contribution in [-0.2, 0) is 6.54 Å². The van der Waals surface area contributed by atoms with Gasteiger partial charge in [0.2, 0.25) is 0 Å². The number of carbonyl (C=O) groups is 1. The maximum Gasteiger partial charge on any atom is 0.315 e. The summed E-state index contributed by atoms with van der Waals surface area (Å²) in [7, 11) is 0. The van der Waals surface area contributed by atoms with E-state index < -0.39 is 0 Å². The van der Waals surface area contributed by atoms with Crippen LogP contribution in [0.1, 0.15) is 38.7 Å². The van der Waals surface area contributed by atoms with E-state index in [-0.39, 0.29) is 6.03 Å². The predicted octanol–water partition coefficient (Wildman–Crippen LogP) is 3.90. The lowest BCUT2D eigenvalue weighted by Crippen LogP contribution is -2.39. The number of halogens is 1. The van der Waals surface area contributed by atoms with Crippen molar-refractivity contribution in [1.29, 1.82) is 0 Å². The minimum atomic E-state index is -0.106. The summed E-state index contributed by atoms with van der Waals surface area (Å²) in [5, 5.41) is 6.50. The van der Waals surface area contributed by atoms with Crippen LogP contribution < -0.4 is 10.6 Å². The molecule has 0 aliphatic carbocycles. The van der Waals surface area contributed by atoms with Gasteiger partial charge in [0, 0.05) is 31.2 Å². The molecule has 24 heavy (non-hydrogen) atoms. The fourth-order valence-electron chi connectivity index (χ4n) is 3.48. The van der Waals surface area contributed by atoms with E-state index in [1.54, 1.807) is 0 Å². The molecule has 2 N–H and O–H groups in total. The van der Waals surface area contributed by atoms with Crippen molar-refractivity contribution >= 4 is 17.6 Å². The van der Waals surface area contributed by atoms with Crippen LogP contribution in [0.3, 0.4) is 0 Å². The number of amides is 2. The van der Waals surface area contributed by atoms with Gasteiger partial charge in [-0.3, -0.25) is 0 Å². The van der Waals surface area contributed by atoms with Gasteiger partial charge in [-0.05, 0) is 55.3 Å². The molecule has 1 aliphatic heterocycles. The van der Waals surface area contributed by atoms with Gasteiger partial charge in [0.25, 0.3) is 0 Å². The van der Waals surface area contributed by atoms with Crippen molar-refractivity contribution in [1.82, 2.24) is 15.5 Å². The number of rotatable bonds is 7. The number of nitrogens with one attached hydrogen (secondary N) is 2. The molecule has 1 heterocycles. The van der Waals surface area contributed by atoms with Crippen LogP contribution in [0, 0.1) is 11.8 Å². The van der Waals surface area contributed by atoms with E-state index in [9.17, 15) is 4.79 Å². The van der Waals surface area contributed by atoms with Crippen LogP contribution >= 0.6 is 11.6 Å². The summed E-state index contributed by atoms with van der Waals surface area (Å²) in [5.74, 6) is 1.62. The number of hydrogen-bond donors (Lipinski definition) is 2. The topological polar surface area (TPSA) is 44.4 Å². The molecule has 1 fully saturated rings. The fourth-order valence-corrected chi connectivity index (χ4v) is 3.61. The van der Waals surface area contributed by atoms with Crippen molar-refractivity contribution in [2.24, 2.45) is 11.8 Å². The lowest BCUT2D eigenvalue weighted by atomic mass is 9.92. The monoisotopic (exact) mass is 351 g/mol. The molecule has 0 spiro atoms. The van der Waals surface area contributed by atoms with Crippen molar-refractivity contribution in [3.63, 3.8) is 0 Å². The Morgan fingerprint density at radius 2 is 1.79 bits per heavy atom. The van der Waals surface area contributed by atoms with E-state index in [1.165, 1.54) is 19.5 Å². The van der Waals surface area contributed by atoms with Crippen molar-refractivity contribution in [2.45, 2.75) is 39.7 Å². The van der Waals surface area contributed by atoms with Gasteiger partial charge in [0.05, 0.1) is 0 Å².